The van der Waals surface area contributed by atoms with Gasteiger partial charge in [-0.3, -0.25) is 4.79 Å². The highest BCUT2D eigenvalue weighted by Crippen LogP contribution is 2.39. The summed E-state index contributed by atoms with van der Waals surface area (Å²) in [5.74, 6) is -1.56. The molecule has 0 amide bonds. The van der Waals surface area contributed by atoms with Gasteiger partial charge in [0.2, 0.25) is 0 Å². The summed E-state index contributed by atoms with van der Waals surface area (Å²) in [4.78, 5) is 12.4. The molecule has 8 heteroatoms. The number of rotatable bonds is 4. The van der Waals surface area contributed by atoms with Gasteiger partial charge in [0, 0.05) is 30.2 Å². The van der Waals surface area contributed by atoms with Gasteiger partial charge in [-0.15, -0.1) is 0 Å². The van der Waals surface area contributed by atoms with Crippen LogP contribution in [0.1, 0.15) is 19.4 Å². The number of aliphatic hydroxyl groups is 2. The molecule has 0 aliphatic carbocycles. The SMILES string of the molecule is CC(C)(O)C(O)Cc1c(O)ccc(-c2cc(=O)c3c(O)cc(O)cc3o2)c1O. The number of phenols is 4. The highest BCUT2D eigenvalue weighted by atomic mass is 16.3. The van der Waals surface area contributed by atoms with Crippen molar-refractivity contribution in [2.24, 2.45) is 0 Å². The first-order chi connectivity index (χ1) is 13.0. The third-order valence-electron chi connectivity index (χ3n) is 4.53. The summed E-state index contributed by atoms with van der Waals surface area (Å²) in [6.45, 7) is 2.77. The van der Waals surface area contributed by atoms with E-state index in [9.17, 15) is 35.4 Å². The Bertz CT molecular complexity index is 1110. The van der Waals surface area contributed by atoms with Crippen molar-refractivity contribution in [2.75, 3.05) is 0 Å². The van der Waals surface area contributed by atoms with Gasteiger partial charge in [-0.25, -0.2) is 0 Å². The van der Waals surface area contributed by atoms with E-state index in [0.29, 0.717) is 0 Å². The standard InChI is InChI=1S/C20H20O8/c1-20(2,27)17(25)7-11-12(22)4-3-10(19(11)26)15-8-14(24)18-13(23)5-9(21)6-16(18)28-15/h3-6,8,17,21-23,25-27H,7H2,1-2H3. The van der Waals surface area contributed by atoms with Crippen LogP contribution in [-0.2, 0) is 6.42 Å². The third kappa shape index (κ3) is 3.47. The molecule has 0 aliphatic heterocycles. The van der Waals surface area contributed by atoms with E-state index in [1.54, 1.807) is 0 Å². The van der Waals surface area contributed by atoms with Gasteiger partial charge in [0.05, 0.1) is 17.3 Å². The van der Waals surface area contributed by atoms with Gasteiger partial charge in [0.15, 0.2) is 5.43 Å². The van der Waals surface area contributed by atoms with Crippen LogP contribution in [0.2, 0.25) is 0 Å². The van der Waals surface area contributed by atoms with Gasteiger partial charge < -0.3 is 35.1 Å². The topological polar surface area (TPSA) is 152 Å². The smallest absolute Gasteiger partial charge is 0.197 e. The van der Waals surface area contributed by atoms with Crippen molar-refractivity contribution in [2.45, 2.75) is 32.0 Å². The van der Waals surface area contributed by atoms with Crippen LogP contribution in [0.4, 0.5) is 0 Å². The lowest BCUT2D eigenvalue weighted by Crippen LogP contribution is -2.37. The van der Waals surface area contributed by atoms with Gasteiger partial charge >= 0.3 is 0 Å². The summed E-state index contributed by atoms with van der Waals surface area (Å²) in [6.07, 6.45) is -1.54. The van der Waals surface area contributed by atoms with Crippen molar-refractivity contribution in [3.8, 4) is 34.3 Å². The van der Waals surface area contributed by atoms with Crippen molar-refractivity contribution in [3.63, 3.8) is 0 Å². The average Bonchev–Trinajstić information content (AvgIpc) is 2.56. The molecule has 3 rings (SSSR count). The fourth-order valence-electron chi connectivity index (χ4n) is 2.86. The zero-order valence-electron chi connectivity index (χ0n) is 15.2. The normalized spacial score (nSPS) is 13.0. The Morgan fingerprint density at radius 1 is 1.04 bits per heavy atom. The van der Waals surface area contributed by atoms with Crippen molar-refractivity contribution < 1.29 is 35.1 Å². The van der Waals surface area contributed by atoms with E-state index in [0.717, 1.165) is 18.2 Å². The van der Waals surface area contributed by atoms with E-state index in [2.05, 4.69) is 0 Å². The van der Waals surface area contributed by atoms with Crippen molar-refractivity contribution in [1.82, 2.24) is 0 Å². The minimum absolute atomic E-state index is 0.0337. The first kappa shape index (κ1) is 19.5. The molecule has 0 radical (unpaired) electrons. The minimum atomic E-state index is -1.47. The van der Waals surface area contributed by atoms with Crippen molar-refractivity contribution >= 4 is 11.0 Å². The monoisotopic (exact) mass is 388 g/mol. The van der Waals surface area contributed by atoms with E-state index in [4.69, 9.17) is 4.42 Å². The van der Waals surface area contributed by atoms with Crippen LogP contribution >= 0.6 is 0 Å². The fraction of sp³-hybridized carbons (Fsp3) is 0.250. The summed E-state index contributed by atoms with van der Waals surface area (Å²) in [5.41, 5.74) is -2.14. The van der Waals surface area contributed by atoms with Crippen LogP contribution in [0.5, 0.6) is 23.0 Å². The van der Waals surface area contributed by atoms with E-state index in [-0.39, 0.29) is 45.8 Å². The van der Waals surface area contributed by atoms with E-state index in [1.807, 2.05) is 0 Å². The maximum absolute atomic E-state index is 12.4. The van der Waals surface area contributed by atoms with Crippen LogP contribution in [-0.4, -0.2) is 42.3 Å². The summed E-state index contributed by atoms with van der Waals surface area (Å²) in [7, 11) is 0. The number of phenolic OH excluding ortho intramolecular Hbond substituents is 4. The quantitative estimate of drug-likeness (QED) is 0.397. The van der Waals surface area contributed by atoms with E-state index in [1.165, 1.54) is 26.0 Å². The molecule has 2 aromatic carbocycles. The van der Waals surface area contributed by atoms with Crippen molar-refractivity contribution in [3.05, 3.63) is 46.1 Å². The molecule has 6 N–H and O–H groups in total. The molecule has 1 atom stereocenters. The summed E-state index contributed by atoms with van der Waals surface area (Å²) in [5, 5.41) is 60.0. The Labute approximate surface area is 159 Å². The zero-order chi connectivity index (χ0) is 20.8. The Hall–Kier alpha value is -3.23. The van der Waals surface area contributed by atoms with Gasteiger partial charge in [-0.2, -0.15) is 0 Å². The number of benzene rings is 2. The second-order valence-electron chi connectivity index (χ2n) is 7.15. The molecule has 1 unspecified atom stereocenters. The molecule has 0 aliphatic rings. The molecular formula is C20H20O8. The van der Waals surface area contributed by atoms with Crippen LogP contribution < -0.4 is 5.43 Å². The summed E-state index contributed by atoms with van der Waals surface area (Å²) < 4.78 is 5.56. The Balaban J connectivity index is 2.17. The number of fused-ring (bicyclic) bond motifs is 1. The van der Waals surface area contributed by atoms with E-state index < -0.39 is 28.6 Å². The molecule has 28 heavy (non-hydrogen) atoms. The molecule has 0 bridgehead atoms. The largest absolute Gasteiger partial charge is 0.508 e. The van der Waals surface area contributed by atoms with Crippen LogP contribution in [0, 0.1) is 0 Å². The number of hydrogen-bond donors (Lipinski definition) is 6. The minimum Gasteiger partial charge on any atom is -0.508 e. The maximum atomic E-state index is 12.4. The molecule has 1 heterocycles. The lowest BCUT2D eigenvalue weighted by atomic mass is 9.93. The third-order valence-corrected chi connectivity index (χ3v) is 4.53. The van der Waals surface area contributed by atoms with Crippen LogP contribution in [0.15, 0.2) is 39.5 Å². The predicted octanol–water partition coefficient (Wildman–Crippen LogP) is 1.96. The van der Waals surface area contributed by atoms with Crippen LogP contribution in [0.25, 0.3) is 22.3 Å². The molecule has 1 aromatic heterocycles. The summed E-state index contributed by atoms with van der Waals surface area (Å²) in [6, 6.07) is 5.79. The van der Waals surface area contributed by atoms with E-state index >= 15 is 0 Å². The molecule has 0 spiro atoms. The Kier molecular flexibility index (Phi) is 4.70. The zero-order valence-corrected chi connectivity index (χ0v) is 15.2. The molecule has 148 valence electrons. The Morgan fingerprint density at radius 2 is 1.71 bits per heavy atom. The van der Waals surface area contributed by atoms with Crippen LogP contribution in [0.3, 0.4) is 0 Å². The van der Waals surface area contributed by atoms with Gasteiger partial charge in [-0.1, -0.05) is 0 Å². The lowest BCUT2D eigenvalue weighted by molar-refractivity contribution is -0.0472. The molecule has 0 saturated carbocycles. The molecule has 0 fully saturated rings. The molecular weight excluding hydrogens is 368 g/mol. The summed E-state index contributed by atoms with van der Waals surface area (Å²) >= 11 is 0. The van der Waals surface area contributed by atoms with Gasteiger partial charge in [0.1, 0.15) is 39.7 Å². The predicted molar refractivity (Wildman–Crippen MR) is 101 cm³/mol. The average molecular weight is 388 g/mol. The molecule has 8 nitrogen and oxygen atoms in total. The maximum Gasteiger partial charge on any atom is 0.197 e. The Morgan fingerprint density at radius 3 is 2.36 bits per heavy atom. The molecule has 0 saturated heterocycles. The first-order valence-corrected chi connectivity index (χ1v) is 8.43. The lowest BCUT2D eigenvalue weighted by Gasteiger charge is -2.25. The van der Waals surface area contributed by atoms with Gasteiger partial charge in [-0.05, 0) is 26.0 Å². The van der Waals surface area contributed by atoms with Crippen molar-refractivity contribution in [1.29, 1.82) is 0 Å². The van der Waals surface area contributed by atoms with Gasteiger partial charge in [0.25, 0.3) is 0 Å². The number of hydrogen-bond acceptors (Lipinski definition) is 8. The fourth-order valence-corrected chi connectivity index (χ4v) is 2.86. The second-order valence-corrected chi connectivity index (χ2v) is 7.15. The highest BCUT2D eigenvalue weighted by Gasteiger charge is 2.28. The second kappa shape index (κ2) is 6.74. The number of aliphatic hydroxyl groups excluding tert-OH is 1. The first-order valence-electron chi connectivity index (χ1n) is 8.43. The highest BCUT2D eigenvalue weighted by molar-refractivity contribution is 5.86. The number of aromatic hydroxyl groups is 4. The molecule has 3 aromatic rings.